The van der Waals surface area contributed by atoms with Gasteiger partial charge in [0.25, 0.3) is 0 Å². The molecule has 1 fully saturated rings. The van der Waals surface area contributed by atoms with Crippen molar-refractivity contribution in [2.24, 2.45) is 0 Å². The highest BCUT2D eigenvalue weighted by Gasteiger charge is 2.45. The van der Waals surface area contributed by atoms with Gasteiger partial charge in [-0.05, 0) is 33.1 Å². The number of rotatable bonds is 4. The zero-order valence-electron chi connectivity index (χ0n) is 9.47. The third-order valence-corrected chi connectivity index (χ3v) is 2.83. The molecule has 16 heavy (non-hydrogen) atoms. The molecule has 0 spiro atoms. The van der Waals surface area contributed by atoms with Crippen LogP contribution in [0.1, 0.15) is 33.1 Å². The SMILES string of the molecule is C[C@@]1(C[N+](=O)[O-])CCC[C@](C)(C[N+](=O)[O-])O1. The maximum Gasteiger partial charge on any atom is 0.232 e. The fourth-order valence-electron chi connectivity index (χ4n) is 2.30. The number of nitro groups is 2. The van der Waals surface area contributed by atoms with Crippen molar-refractivity contribution < 1.29 is 14.6 Å². The monoisotopic (exact) mass is 232 g/mol. The molecule has 2 atom stereocenters. The Morgan fingerprint density at radius 3 is 1.75 bits per heavy atom. The number of ether oxygens (including phenoxy) is 1. The third kappa shape index (κ3) is 3.41. The Labute approximate surface area is 93.1 Å². The molecule has 0 N–H and O–H groups in total. The summed E-state index contributed by atoms with van der Waals surface area (Å²) in [6, 6.07) is 0. The zero-order chi connectivity index (χ0) is 12.4. The molecule has 7 heteroatoms. The Hall–Kier alpha value is -1.24. The van der Waals surface area contributed by atoms with Crippen molar-refractivity contribution in [1.82, 2.24) is 0 Å². The van der Waals surface area contributed by atoms with E-state index in [1.54, 1.807) is 13.8 Å². The van der Waals surface area contributed by atoms with Crippen molar-refractivity contribution in [3.63, 3.8) is 0 Å². The van der Waals surface area contributed by atoms with Gasteiger partial charge in [-0.1, -0.05) is 0 Å². The summed E-state index contributed by atoms with van der Waals surface area (Å²) in [7, 11) is 0. The van der Waals surface area contributed by atoms with E-state index >= 15 is 0 Å². The van der Waals surface area contributed by atoms with Crippen molar-refractivity contribution in [2.75, 3.05) is 13.1 Å². The first-order valence-corrected chi connectivity index (χ1v) is 5.19. The lowest BCUT2D eigenvalue weighted by Gasteiger charge is -2.40. The first-order valence-electron chi connectivity index (χ1n) is 5.19. The quantitative estimate of drug-likeness (QED) is 0.537. The van der Waals surface area contributed by atoms with Gasteiger partial charge >= 0.3 is 0 Å². The van der Waals surface area contributed by atoms with Crippen LogP contribution >= 0.6 is 0 Å². The van der Waals surface area contributed by atoms with Crippen LogP contribution in [0, 0.1) is 20.2 Å². The second-order valence-corrected chi connectivity index (χ2v) is 4.84. The van der Waals surface area contributed by atoms with Crippen molar-refractivity contribution in [3.8, 4) is 0 Å². The minimum atomic E-state index is -0.882. The van der Waals surface area contributed by atoms with E-state index in [2.05, 4.69) is 0 Å². The van der Waals surface area contributed by atoms with E-state index in [1.165, 1.54) is 0 Å². The topological polar surface area (TPSA) is 95.5 Å². The molecule has 0 aromatic rings. The van der Waals surface area contributed by atoms with Crippen LogP contribution in [0.15, 0.2) is 0 Å². The van der Waals surface area contributed by atoms with Crippen LogP contribution in [0.5, 0.6) is 0 Å². The summed E-state index contributed by atoms with van der Waals surface area (Å²) in [5, 5.41) is 21.0. The Morgan fingerprint density at radius 1 is 1.06 bits per heavy atom. The predicted octanol–water partition coefficient (Wildman–Crippen LogP) is 1.26. The normalized spacial score (nSPS) is 34.6. The van der Waals surface area contributed by atoms with Crippen molar-refractivity contribution in [1.29, 1.82) is 0 Å². The molecule has 1 aliphatic heterocycles. The Balaban J connectivity index is 2.71. The molecule has 0 saturated carbocycles. The number of hydrogen-bond acceptors (Lipinski definition) is 5. The second-order valence-electron chi connectivity index (χ2n) is 4.84. The fourth-order valence-corrected chi connectivity index (χ4v) is 2.30. The maximum absolute atomic E-state index is 10.5. The first kappa shape index (κ1) is 12.8. The summed E-state index contributed by atoms with van der Waals surface area (Å²) in [5.41, 5.74) is -1.76. The molecule has 0 bridgehead atoms. The van der Waals surface area contributed by atoms with Crippen LogP contribution in [0.25, 0.3) is 0 Å². The molecule has 1 rings (SSSR count). The lowest BCUT2D eigenvalue weighted by Crippen LogP contribution is -2.51. The molecular weight excluding hydrogens is 216 g/mol. The maximum atomic E-state index is 10.5. The van der Waals surface area contributed by atoms with E-state index in [0.717, 1.165) is 0 Å². The molecular formula is C9H16N2O5. The lowest BCUT2D eigenvalue weighted by atomic mass is 9.87. The van der Waals surface area contributed by atoms with Crippen LogP contribution in [-0.2, 0) is 4.74 Å². The van der Waals surface area contributed by atoms with Gasteiger partial charge in [0.15, 0.2) is 0 Å². The fraction of sp³-hybridized carbons (Fsp3) is 1.00. The van der Waals surface area contributed by atoms with Crippen molar-refractivity contribution in [3.05, 3.63) is 20.2 Å². The van der Waals surface area contributed by atoms with Gasteiger partial charge in [0.1, 0.15) is 11.2 Å². The van der Waals surface area contributed by atoms with Crippen LogP contribution in [0.2, 0.25) is 0 Å². The van der Waals surface area contributed by atoms with Crippen LogP contribution in [0.3, 0.4) is 0 Å². The van der Waals surface area contributed by atoms with Gasteiger partial charge in [0.05, 0.1) is 0 Å². The van der Waals surface area contributed by atoms with Crippen LogP contribution in [-0.4, -0.2) is 34.1 Å². The minimum absolute atomic E-state index is 0.305. The number of hydrogen-bond donors (Lipinski definition) is 0. The second kappa shape index (κ2) is 4.32. The number of nitrogens with zero attached hydrogens (tertiary/aromatic N) is 2. The highest BCUT2D eigenvalue weighted by Crippen LogP contribution is 2.35. The predicted molar refractivity (Wildman–Crippen MR) is 55.5 cm³/mol. The summed E-state index contributed by atoms with van der Waals surface area (Å²) < 4.78 is 5.60. The zero-order valence-corrected chi connectivity index (χ0v) is 9.47. The summed E-state index contributed by atoms with van der Waals surface area (Å²) in [5.74, 6) is 0. The molecule has 1 saturated heterocycles. The van der Waals surface area contributed by atoms with E-state index in [4.69, 9.17) is 4.74 Å². The van der Waals surface area contributed by atoms with Crippen LogP contribution < -0.4 is 0 Å². The molecule has 1 aliphatic rings. The highest BCUT2D eigenvalue weighted by atomic mass is 16.6. The summed E-state index contributed by atoms with van der Waals surface area (Å²) in [6.45, 7) is 2.68. The van der Waals surface area contributed by atoms with E-state index < -0.39 is 21.0 Å². The summed E-state index contributed by atoms with van der Waals surface area (Å²) in [6.07, 6.45) is 1.86. The van der Waals surface area contributed by atoms with E-state index in [0.29, 0.717) is 19.3 Å². The third-order valence-electron chi connectivity index (χ3n) is 2.83. The van der Waals surface area contributed by atoms with Gasteiger partial charge in [-0.3, -0.25) is 20.2 Å². The van der Waals surface area contributed by atoms with E-state index in [1.807, 2.05) is 0 Å². The molecule has 92 valence electrons. The molecule has 0 radical (unpaired) electrons. The Kier molecular flexibility index (Phi) is 3.47. The molecule has 7 nitrogen and oxygen atoms in total. The lowest BCUT2D eigenvalue weighted by molar-refractivity contribution is -0.526. The minimum Gasteiger partial charge on any atom is -0.355 e. The van der Waals surface area contributed by atoms with Crippen molar-refractivity contribution >= 4 is 0 Å². The highest BCUT2D eigenvalue weighted by molar-refractivity contribution is 4.88. The standard InChI is InChI=1S/C9H16N2O5/c1-8(6-10(12)13)4-3-5-9(2,16-8)7-11(14)15/h3-7H2,1-2H3/t8-,9+. The molecule has 1 heterocycles. The van der Waals surface area contributed by atoms with Gasteiger partial charge < -0.3 is 4.74 Å². The van der Waals surface area contributed by atoms with Gasteiger partial charge in [-0.2, -0.15) is 0 Å². The van der Waals surface area contributed by atoms with Crippen LogP contribution in [0.4, 0.5) is 0 Å². The van der Waals surface area contributed by atoms with Gasteiger partial charge in [-0.15, -0.1) is 0 Å². The van der Waals surface area contributed by atoms with Gasteiger partial charge in [-0.25, -0.2) is 0 Å². The first-order chi connectivity index (χ1) is 7.25. The molecule has 0 amide bonds. The summed E-state index contributed by atoms with van der Waals surface area (Å²) in [4.78, 5) is 20.1. The van der Waals surface area contributed by atoms with Gasteiger partial charge in [0, 0.05) is 9.85 Å². The molecule has 0 unspecified atom stereocenters. The molecule has 0 aromatic heterocycles. The van der Waals surface area contributed by atoms with E-state index in [9.17, 15) is 20.2 Å². The summed E-state index contributed by atoms with van der Waals surface area (Å²) >= 11 is 0. The smallest absolute Gasteiger partial charge is 0.232 e. The van der Waals surface area contributed by atoms with Gasteiger partial charge in [0.2, 0.25) is 13.1 Å². The Morgan fingerprint density at radius 2 is 1.44 bits per heavy atom. The average molecular weight is 232 g/mol. The largest absolute Gasteiger partial charge is 0.355 e. The molecule has 0 aliphatic carbocycles. The Bertz CT molecular complexity index is 280. The average Bonchev–Trinajstić information content (AvgIpc) is 1.96. The van der Waals surface area contributed by atoms with E-state index in [-0.39, 0.29) is 13.1 Å². The molecule has 0 aromatic carbocycles. The van der Waals surface area contributed by atoms with Crippen molar-refractivity contribution in [2.45, 2.75) is 44.3 Å².